The van der Waals surface area contributed by atoms with Crippen molar-refractivity contribution in [3.05, 3.63) is 51.9 Å². The highest BCUT2D eigenvalue weighted by Gasteiger charge is 2.19. The lowest BCUT2D eigenvalue weighted by molar-refractivity contribution is -0.155. The molecule has 1 unspecified atom stereocenters. The van der Waals surface area contributed by atoms with Gasteiger partial charge in [0, 0.05) is 18.0 Å². The van der Waals surface area contributed by atoms with Gasteiger partial charge in [0.05, 0.1) is 11.3 Å². The number of benzene rings is 1. The normalized spacial score (nSPS) is 11.1. The zero-order valence-corrected chi connectivity index (χ0v) is 16.9. The maximum Gasteiger partial charge on any atom is 0.339 e. The molecule has 0 aliphatic rings. The number of carboxylic acid groups (broad SMARTS) is 1. The Hall–Kier alpha value is -2.66. The number of rotatable bonds is 5. The van der Waals surface area contributed by atoms with E-state index in [-0.39, 0.29) is 17.8 Å². The lowest BCUT2D eigenvalue weighted by atomic mass is 10.2. The SMILES string of the molecule is Cc1ccc(Nc2cc(=O)n(CC(=O)OC(C)(C)C)cc2C(=O)O)c(P)c1. The van der Waals surface area contributed by atoms with E-state index in [4.69, 9.17) is 4.74 Å². The molecule has 1 heterocycles. The molecule has 0 saturated carbocycles. The van der Waals surface area contributed by atoms with Crippen LogP contribution >= 0.6 is 9.24 Å². The van der Waals surface area contributed by atoms with Crippen LogP contribution in [0.1, 0.15) is 36.7 Å². The molecule has 8 heteroatoms. The molecular formula is C19H23N2O5P. The van der Waals surface area contributed by atoms with Crippen molar-refractivity contribution in [3.63, 3.8) is 0 Å². The van der Waals surface area contributed by atoms with E-state index in [9.17, 15) is 19.5 Å². The number of aromatic nitrogens is 1. The Bertz CT molecular complexity index is 944. The van der Waals surface area contributed by atoms with Crippen LogP contribution in [0.5, 0.6) is 0 Å². The van der Waals surface area contributed by atoms with Gasteiger partial charge in [0.25, 0.3) is 5.56 Å². The van der Waals surface area contributed by atoms with E-state index in [1.807, 2.05) is 19.1 Å². The summed E-state index contributed by atoms with van der Waals surface area (Å²) in [5.74, 6) is -1.83. The van der Waals surface area contributed by atoms with Crippen LogP contribution in [-0.2, 0) is 16.1 Å². The highest BCUT2D eigenvalue weighted by Crippen LogP contribution is 2.20. The van der Waals surface area contributed by atoms with E-state index in [1.165, 1.54) is 0 Å². The van der Waals surface area contributed by atoms with Crippen LogP contribution in [0, 0.1) is 6.92 Å². The Labute approximate surface area is 159 Å². The number of aryl methyl sites for hydroxylation is 1. The first-order chi connectivity index (χ1) is 12.5. The summed E-state index contributed by atoms with van der Waals surface area (Å²) < 4.78 is 6.21. The fraction of sp³-hybridized carbons (Fsp3) is 0.316. The molecule has 0 aliphatic heterocycles. The molecule has 1 aromatic heterocycles. The van der Waals surface area contributed by atoms with Gasteiger partial charge < -0.3 is 19.7 Å². The molecule has 2 rings (SSSR count). The van der Waals surface area contributed by atoms with E-state index in [0.29, 0.717) is 5.69 Å². The van der Waals surface area contributed by atoms with Crippen molar-refractivity contribution >= 4 is 37.9 Å². The zero-order chi connectivity index (χ0) is 20.4. The number of anilines is 2. The van der Waals surface area contributed by atoms with E-state index in [2.05, 4.69) is 14.6 Å². The monoisotopic (exact) mass is 390 g/mol. The molecule has 1 aromatic carbocycles. The van der Waals surface area contributed by atoms with Crippen LogP contribution in [0.25, 0.3) is 0 Å². The quantitative estimate of drug-likeness (QED) is 0.601. The largest absolute Gasteiger partial charge is 0.478 e. The van der Waals surface area contributed by atoms with Gasteiger partial charge in [-0.3, -0.25) is 9.59 Å². The Morgan fingerprint density at radius 3 is 2.44 bits per heavy atom. The van der Waals surface area contributed by atoms with Gasteiger partial charge in [-0.2, -0.15) is 0 Å². The molecular weight excluding hydrogens is 367 g/mol. The lowest BCUT2D eigenvalue weighted by Crippen LogP contribution is -2.31. The number of carbonyl (C=O) groups excluding carboxylic acids is 1. The summed E-state index contributed by atoms with van der Waals surface area (Å²) in [5, 5.41) is 13.3. The summed E-state index contributed by atoms with van der Waals surface area (Å²) in [6.07, 6.45) is 1.15. The fourth-order valence-corrected chi connectivity index (χ4v) is 2.86. The van der Waals surface area contributed by atoms with Gasteiger partial charge in [-0.25, -0.2) is 4.79 Å². The van der Waals surface area contributed by atoms with Crippen LogP contribution in [0.2, 0.25) is 0 Å². The van der Waals surface area contributed by atoms with Gasteiger partial charge >= 0.3 is 11.9 Å². The molecule has 1 atom stereocenters. The summed E-state index contributed by atoms with van der Waals surface area (Å²) in [4.78, 5) is 36.0. The number of ether oxygens (including phenoxy) is 1. The number of esters is 1. The van der Waals surface area contributed by atoms with Crippen LogP contribution < -0.4 is 16.2 Å². The lowest BCUT2D eigenvalue weighted by Gasteiger charge is -2.20. The second-order valence-electron chi connectivity index (χ2n) is 7.17. The van der Waals surface area contributed by atoms with Crippen molar-refractivity contribution in [1.82, 2.24) is 4.57 Å². The standard InChI is InChI=1S/C19H23N2O5P/c1-11-5-6-13(15(27)7-11)20-14-8-16(22)21(9-12(14)18(24)25)10-17(23)26-19(2,3)4/h5-9,20H,10,27H2,1-4H3,(H,24,25). The molecule has 0 aliphatic carbocycles. The van der Waals surface area contributed by atoms with Crippen molar-refractivity contribution in [2.75, 3.05) is 5.32 Å². The average Bonchev–Trinajstić information content (AvgIpc) is 2.50. The summed E-state index contributed by atoms with van der Waals surface area (Å²) >= 11 is 0. The predicted molar refractivity (Wildman–Crippen MR) is 107 cm³/mol. The van der Waals surface area contributed by atoms with Crippen molar-refractivity contribution in [2.24, 2.45) is 0 Å². The summed E-state index contributed by atoms with van der Waals surface area (Å²) in [6, 6.07) is 6.75. The molecule has 144 valence electrons. The van der Waals surface area contributed by atoms with Crippen LogP contribution in [0.3, 0.4) is 0 Å². The van der Waals surface area contributed by atoms with Gasteiger partial charge in [-0.15, -0.1) is 9.24 Å². The molecule has 0 fully saturated rings. The third kappa shape index (κ3) is 5.66. The minimum absolute atomic E-state index is 0.122. The number of hydrogen-bond donors (Lipinski definition) is 2. The maximum absolute atomic E-state index is 12.4. The molecule has 2 aromatic rings. The zero-order valence-electron chi connectivity index (χ0n) is 15.7. The van der Waals surface area contributed by atoms with Crippen molar-refractivity contribution in [3.8, 4) is 0 Å². The Balaban J connectivity index is 2.37. The summed E-state index contributed by atoms with van der Waals surface area (Å²) in [6.45, 7) is 6.72. The third-order valence-electron chi connectivity index (χ3n) is 3.55. The van der Waals surface area contributed by atoms with E-state index >= 15 is 0 Å². The highest BCUT2D eigenvalue weighted by atomic mass is 31.0. The summed E-state index contributed by atoms with van der Waals surface area (Å²) in [5.41, 5.74) is 0.543. The smallest absolute Gasteiger partial charge is 0.339 e. The van der Waals surface area contributed by atoms with E-state index < -0.39 is 23.1 Å². The average molecular weight is 390 g/mol. The first kappa shape index (κ1) is 20.6. The first-order valence-electron chi connectivity index (χ1n) is 8.29. The topological polar surface area (TPSA) is 97.6 Å². The first-order valence-corrected chi connectivity index (χ1v) is 8.87. The molecule has 0 bridgehead atoms. The number of nitrogens with one attached hydrogen (secondary N) is 1. The minimum atomic E-state index is -1.21. The van der Waals surface area contributed by atoms with Gasteiger partial charge in [0.1, 0.15) is 12.1 Å². The van der Waals surface area contributed by atoms with Crippen LogP contribution in [-0.4, -0.2) is 27.2 Å². The van der Waals surface area contributed by atoms with Crippen molar-refractivity contribution in [2.45, 2.75) is 39.8 Å². The molecule has 0 amide bonds. The molecule has 0 spiro atoms. The predicted octanol–water partition coefficient (Wildman–Crippen LogP) is 2.44. The Morgan fingerprint density at radius 2 is 1.89 bits per heavy atom. The number of nitrogens with zero attached hydrogens (tertiary/aromatic N) is 1. The molecule has 0 saturated heterocycles. The van der Waals surface area contributed by atoms with Crippen molar-refractivity contribution < 1.29 is 19.4 Å². The molecule has 27 heavy (non-hydrogen) atoms. The van der Waals surface area contributed by atoms with Crippen LogP contribution in [0.4, 0.5) is 11.4 Å². The maximum atomic E-state index is 12.4. The van der Waals surface area contributed by atoms with Crippen molar-refractivity contribution in [1.29, 1.82) is 0 Å². The third-order valence-corrected chi connectivity index (χ3v) is 4.03. The van der Waals surface area contributed by atoms with E-state index in [0.717, 1.165) is 27.7 Å². The number of carbonyl (C=O) groups is 2. The number of hydrogen-bond acceptors (Lipinski definition) is 5. The Morgan fingerprint density at radius 1 is 1.22 bits per heavy atom. The molecule has 0 radical (unpaired) electrons. The molecule has 2 N–H and O–H groups in total. The highest BCUT2D eigenvalue weighted by molar-refractivity contribution is 7.28. The second kappa shape index (κ2) is 7.92. The minimum Gasteiger partial charge on any atom is -0.478 e. The number of pyridine rings is 1. The fourth-order valence-electron chi connectivity index (χ4n) is 2.42. The molecule has 7 nitrogen and oxygen atoms in total. The summed E-state index contributed by atoms with van der Waals surface area (Å²) in [7, 11) is 2.56. The van der Waals surface area contributed by atoms with Gasteiger partial charge in [0.2, 0.25) is 0 Å². The second-order valence-corrected chi connectivity index (χ2v) is 7.80. The number of aromatic carboxylic acids is 1. The van der Waals surface area contributed by atoms with Crippen LogP contribution in [0.15, 0.2) is 35.3 Å². The Kier molecular flexibility index (Phi) is 6.06. The van der Waals surface area contributed by atoms with Gasteiger partial charge in [0.15, 0.2) is 0 Å². The number of carboxylic acids is 1. The van der Waals surface area contributed by atoms with Gasteiger partial charge in [-0.05, 0) is 39.1 Å². The van der Waals surface area contributed by atoms with Gasteiger partial charge in [-0.1, -0.05) is 17.7 Å². The van der Waals surface area contributed by atoms with E-state index in [1.54, 1.807) is 26.8 Å².